The summed E-state index contributed by atoms with van der Waals surface area (Å²) in [5, 5.41) is 2.15. The number of rotatable bonds is 6. The highest BCUT2D eigenvalue weighted by molar-refractivity contribution is 6.99. The van der Waals surface area contributed by atoms with Crippen molar-refractivity contribution in [3.8, 4) is 0 Å². The third kappa shape index (κ3) is 4.62. The molecule has 4 atom stereocenters. The van der Waals surface area contributed by atoms with Crippen LogP contribution in [0.5, 0.6) is 0 Å². The standard InChI is InChI=1S/C29H35FN2O5Si/c1-28(2,3)38(20-12-8-6-9-13-20,21-14-10-7-11-15-21)35-18-19-16-23(25-24(19)36-29(4,5)37-25)32-17-22(30)26(33)31-27(32)34/h6-15,17,19,23-25H,16,18H2,1-5H3,(H,31,33,34)/t19-,23-,24-,25+/m1/s1. The first-order chi connectivity index (χ1) is 17.9. The van der Waals surface area contributed by atoms with Crippen molar-refractivity contribution >= 4 is 18.7 Å². The predicted molar refractivity (Wildman–Crippen MR) is 146 cm³/mol. The van der Waals surface area contributed by atoms with Crippen molar-refractivity contribution in [3.05, 3.63) is 93.5 Å². The van der Waals surface area contributed by atoms with Crippen molar-refractivity contribution in [1.82, 2.24) is 9.55 Å². The Balaban J connectivity index is 1.53. The van der Waals surface area contributed by atoms with Crippen molar-refractivity contribution < 1.29 is 18.3 Å². The average molecular weight is 539 g/mol. The Labute approximate surface area is 222 Å². The molecule has 1 aliphatic heterocycles. The fourth-order valence-corrected chi connectivity index (χ4v) is 10.8. The van der Waals surface area contributed by atoms with Gasteiger partial charge in [-0.3, -0.25) is 14.3 Å². The molecule has 0 unspecified atom stereocenters. The van der Waals surface area contributed by atoms with Crippen LogP contribution in [0.4, 0.5) is 4.39 Å². The average Bonchev–Trinajstić information content (AvgIpc) is 3.35. The van der Waals surface area contributed by atoms with Crippen LogP contribution in [0.15, 0.2) is 76.4 Å². The SMILES string of the molecule is CC1(C)O[C@@H]2[C@@H](CO[Si](c3ccccc3)(c3ccccc3)C(C)(C)C)C[C@@H](n3cc(F)c(=O)[nH]c3=O)[C@@H]2O1. The molecular weight excluding hydrogens is 503 g/mol. The van der Waals surface area contributed by atoms with Gasteiger partial charge in [-0.05, 0) is 35.7 Å². The molecule has 1 N–H and O–H groups in total. The van der Waals surface area contributed by atoms with Gasteiger partial charge < -0.3 is 13.9 Å². The van der Waals surface area contributed by atoms with Crippen molar-refractivity contribution in [1.29, 1.82) is 0 Å². The Bertz CT molecular complexity index is 1360. The Kier molecular flexibility index (Phi) is 6.84. The molecule has 38 heavy (non-hydrogen) atoms. The summed E-state index contributed by atoms with van der Waals surface area (Å²) in [6, 6.07) is 20.3. The zero-order valence-electron chi connectivity index (χ0n) is 22.4. The lowest BCUT2D eigenvalue weighted by molar-refractivity contribution is -0.161. The van der Waals surface area contributed by atoms with E-state index in [2.05, 4.69) is 50.0 Å². The zero-order chi connectivity index (χ0) is 27.3. The van der Waals surface area contributed by atoms with Crippen LogP contribution in [0.25, 0.3) is 0 Å². The number of halogens is 1. The van der Waals surface area contributed by atoms with Crippen LogP contribution < -0.4 is 21.6 Å². The van der Waals surface area contributed by atoms with Gasteiger partial charge in [0.25, 0.3) is 13.9 Å². The molecule has 7 nitrogen and oxygen atoms in total. The first-order valence-electron chi connectivity index (χ1n) is 13.0. The summed E-state index contributed by atoms with van der Waals surface area (Å²) < 4.78 is 35.2. The molecule has 2 aliphatic rings. The van der Waals surface area contributed by atoms with Crippen LogP contribution in [0.2, 0.25) is 5.04 Å². The minimum Gasteiger partial charge on any atom is -0.407 e. The van der Waals surface area contributed by atoms with Gasteiger partial charge in [-0.1, -0.05) is 81.4 Å². The summed E-state index contributed by atoms with van der Waals surface area (Å²) in [4.78, 5) is 26.4. The van der Waals surface area contributed by atoms with Crippen LogP contribution in [-0.4, -0.2) is 42.5 Å². The number of aromatic amines is 1. The number of hydrogen-bond acceptors (Lipinski definition) is 5. The normalized spacial score (nSPS) is 24.9. The molecule has 0 spiro atoms. The van der Waals surface area contributed by atoms with Gasteiger partial charge in [0, 0.05) is 12.5 Å². The van der Waals surface area contributed by atoms with E-state index in [-0.39, 0.29) is 17.1 Å². The first-order valence-corrected chi connectivity index (χ1v) is 15.0. The molecule has 1 aromatic heterocycles. The lowest BCUT2D eigenvalue weighted by Gasteiger charge is -2.43. The van der Waals surface area contributed by atoms with Gasteiger partial charge in [0.1, 0.15) is 6.10 Å². The fraction of sp³-hybridized carbons (Fsp3) is 0.448. The van der Waals surface area contributed by atoms with Gasteiger partial charge in [0.15, 0.2) is 5.79 Å². The monoisotopic (exact) mass is 538 g/mol. The van der Waals surface area contributed by atoms with E-state index in [0.29, 0.717) is 13.0 Å². The number of ether oxygens (including phenoxy) is 2. The molecule has 1 saturated heterocycles. The number of fused-ring (bicyclic) bond motifs is 1. The molecule has 3 aromatic rings. The largest absolute Gasteiger partial charge is 0.407 e. The molecule has 0 amide bonds. The summed E-state index contributed by atoms with van der Waals surface area (Å²) in [5.41, 5.74) is -1.70. The molecule has 2 aromatic carbocycles. The Hall–Kier alpha value is -2.85. The van der Waals surface area contributed by atoms with E-state index in [0.717, 1.165) is 6.20 Å². The van der Waals surface area contributed by atoms with Gasteiger partial charge in [0.05, 0.1) is 18.3 Å². The Morgan fingerprint density at radius 2 is 1.55 bits per heavy atom. The highest BCUT2D eigenvalue weighted by atomic mass is 28.4. The lowest BCUT2D eigenvalue weighted by Crippen LogP contribution is -2.67. The second-order valence-corrected chi connectivity index (χ2v) is 16.1. The van der Waals surface area contributed by atoms with E-state index in [1.807, 2.05) is 50.2 Å². The van der Waals surface area contributed by atoms with Gasteiger partial charge in [-0.25, -0.2) is 4.79 Å². The quantitative estimate of drug-likeness (QED) is 0.487. The predicted octanol–water partition coefficient (Wildman–Crippen LogP) is 3.33. The number of hydrogen-bond donors (Lipinski definition) is 1. The summed E-state index contributed by atoms with van der Waals surface area (Å²) in [6.45, 7) is 10.7. The summed E-state index contributed by atoms with van der Waals surface area (Å²) in [5.74, 6) is -1.99. The molecule has 202 valence electrons. The topological polar surface area (TPSA) is 82.5 Å². The fourth-order valence-electron chi connectivity index (χ4n) is 6.19. The van der Waals surface area contributed by atoms with Crippen LogP contribution in [0.3, 0.4) is 0 Å². The van der Waals surface area contributed by atoms with Crippen LogP contribution >= 0.6 is 0 Å². The van der Waals surface area contributed by atoms with Gasteiger partial charge >= 0.3 is 5.69 Å². The third-order valence-electron chi connectivity index (χ3n) is 7.76. The maximum Gasteiger partial charge on any atom is 0.328 e. The molecule has 1 aliphatic carbocycles. The van der Waals surface area contributed by atoms with E-state index in [4.69, 9.17) is 13.9 Å². The van der Waals surface area contributed by atoms with Crippen LogP contribution in [0.1, 0.15) is 47.1 Å². The number of benzene rings is 2. The molecule has 2 heterocycles. The second kappa shape index (κ2) is 9.71. The second-order valence-electron chi connectivity index (χ2n) is 11.7. The highest BCUT2D eigenvalue weighted by Crippen LogP contribution is 2.47. The van der Waals surface area contributed by atoms with Crippen molar-refractivity contribution in [2.75, 3.05) is 6.61 Å². The number of nitrogens with zero attached hydrogens (tertiary/aromatic N) is 1. The Morgan fingerprint density at radius 3 is 2.11 bits per heavy atom. The van der Waals surface area contributed by atoms with E-state index in [1.54, 1.807) is 0 Å². The first kappa shape index (κ1) is 26.7. The number of H-pyrrole nitrogens is 1. The van der Waals surface area contributed by atoms with Crippen LogP contribution in [-0.2, 0) is 13.9 Å². The molecule has 9 heteroatoms. The molecular formula is C29H35FN2O5Si. The van der Waals surface area contributed by atoms with Crippen molar-refractivity contribution in [2.45, 2.75) is 70.1 Å². The van der Waals surface area contributed by atoms with E-state index in [1.165, 1.54) is 14.9 Å². The van der Waals surface area contributed by atoms with Crippen molar-refractivity contribution in [2.24, 2.45) is 5.92 Å². The van der Waals surface area contributed by atoms with Gasteiger partial charge in [0.2, 0.25) is 5.82 Å². The number of aromatic nitrogens is 2. The minimum atomic E-state index is -2.80. The van der Waals surface area contributed by atoms with Crippen molar-refractivity contribution in [3.63, 3.8) is 0 Å². The molecule has 0 radical (unpaired) electrons. The molecule has 5 rings (SSSR count). The summed E-state index contributed by atoms with van der Waals surface area (Å²) >= 11 is 0. The smallest absolute Gasteiger partial charge is 0.328 e. The Morgan fingerprint density at radius 1 is 1.00 bits per heavy atom. The molecule has 2 fully saturated rings. The molecule has 0 bridgehead atoms. The van der Waals surface area contributed by atoms with Gasteiger partial charge in [-0.2, -0.15) is 4.39 Å². The van der Waals surface area contributed by atoms with Gasteiger partial charge in [-0.15, -0.1) is 0 Å². The van der Waals surface area contributed by atoms with E-state index in [9.17, 15) is 14.0 Å². The van der Waals surface area contributed by atoms with E-state index < -0.39 is 43.3 Å². The van der Waals surface area contributed by atoms with E-state index >= 15 is 0 Å². The molecule has 1 saturated carbocycles. The maximum absolute atomic E-state index is 14.2. The maximum atomic E-state index is 14.2. The lowest BCUT2D eigenvalue weighted by atomic mass is 10.1. The number of nitrogens with one attached hydrogen (secondary N) is 1. The van der Waals surface area contributed by atoms with Crippen LogP contribution in [0, 0.1) is 11.7 Å². The highest BCUT2D eigenvalue weighted by Gasteiger charge is 2.57. The zero-order valence-corrected chi connectivity index (χ0v) is 23.4. The summed E-state index contributed by atoms with van der Waals surface area (Å²) in [7, 11) is -2.80. The minimum absolute atomic E-state index is 0.115. The third-order valence-corrected chi connectivity index (χ3v) is 12.8. The summed E-state index contributed by atoms with van der Waals surface area (Å²) in [6.07, 6.45) is 0.619.